The molecule has 1 heterocycles. The third-order valence-corrected chi connectivity index (χ3v) is 4.98. The standard InChI is InChI=1S/C25H23FN4O/c1-17-6-12-21(13-7-17)29-25(30-24(31)18-8-10-20(26)11-9-18)27-15-14-19-16-28-23-5-3-2-4-22(19)23/h2-13,16,28H,14-15H2,1H3,(H2,27,29,30,31). The van der Waals surface area contributed by atoms with Gasteiger partial charge in [0.2, 0.25) is 5.96 Å². The number of amides is 1. The fourth-order valence-corrected chi connectivity index (χ4v) is 3.29. The van der Waals surface area contributed by atoms with E-state index in [9.17, 15) is 9.18 Å². The van der Waals surface area contributed by atoms with Crippen molar-refractivity contribution in [3.63, 3.8) is 0 Å². The molecular weight excluding hydrogens is 391 g/mol. The van der Waals surface area contributed by atoms with Gasteiger partial charge in [-0.3, -0.25) is 15.1 Å². The zero-order chi connectivity index (χ0) is 21.6. The van der Waals surface area contributed by atoms with Crippen molar-refractivity contribution in [2.24, 2.45) is 4.99 Å². The van der Waals surface area contributed by atoms with E-state index < -0.39 is 0 Å². The number of nitrogens with one attached hydrogen (secondary N) is 3. The molecule has 3 N–H and O–H groups in total. The lowest BCUT2D eigenvalue weighted by Gasteiger charge is -2.12. The van der Waals surface area contributed by atoms with Crippen molar-refractivity contribution < 1.29 is 9.18 Å². The maximum Gasteiger partial charge on any atom is 0.257 e. The first-order valence-corrected chi connectivity index (χ1v) is 10.1. The lowest BCUT2D eigenvalue weighted by molar-refractivity contribution is 0.0977. The summed E-state index contributed by atoms with van der Waals surface area (Å²) in [4.78, 5) is 20.5. The number of halogens is 1. The molecule has 0 aliphatic heterocycles. The van der Waals surface area contributed by atoms with Crippen molar-refractivity contribution in [1.29, 1.82) is 0 Å². The minimum Gasteiger partial charge on any atom is -0.361 e. The second-order valence-corrected chi connectivity index (χ2v) is 7.29. The first-order chi connectivity index (χ1) is 15.1. The van der Waals surface area contributed by atoms with Crippen LogP contribution < -0.4 is 10.6 Å². The van der Waals surface area contributed by atoms with Crippen molar-refractivity contribution in [2.75, 3.05) is 11.9 Å². The second kappa shape index (κ2) is 9.26. The van der Waals surface area contributed by atoms with Crippen LogP contribution in [0.1, 0.15) is 21.5 Å². The van der Waals surface area contributed by atoms with Gasteiger partial charge in [-0.1, -0.05) is 35.9 Å². The summed E-state index contributed by atoms with van der Waals surface area (Å²) in [6, 6.07) is 21.3. The second-order valence-electron chi connectivity index (χ2n) is 7.29. The van der Waals surface area contributed by atoms with Gasteiger partial charge in [0.15, 0.2) is 0 Å². The van der Waals surface area contributed by atoms with Gasteiger partial charge in [-0.25, -0.2) is 4.39 Å². The molecule has 6 heteroatoms. The molecule has 0 saturated heterocycles. The minimum absolute atomic E-state index is 0.345. The number of carbonyl (C=O) groups is 1. The Kier molecular flexibility index (Phi) is 6.08. The first kappa shape index (κ1) is 20.3. The highest BCUT2D eigenvalue weighted by molar-refractivity contribution is 6.09. The molecule has 0 spiro atoms. The van der Waals surface area contributed by atoms with E-state index in [1.165, 1.54) is 35.2 Å². The molecule has 1 aromatic heterocycles. The number of hydrogen-bond donors (Lipinski definition) is 3. The Labute approximate surface area is 180 Å². The smallest absolute Gasteiger partial charge is 0.257 e. The van der Waals surface area contributed by atoms with Crippen LogP contribution >= 0.6 is 0 Å². The number of para-hydroxylation sites is 1. The van der Waals surface area contributed by atoms with Crippen LogP contribution in [0.25, 0.3) is 10.9 Å². The van der Waals surface area contributed by atoms with Crippen molar-refractivity contribution in [2.45, 2.75) is 13.3 Å². The SMILES string of the molecule is Cc1ccc(NC(=NCCc2c[nH]c3ccccc23)NC(=O)c2ccc(F)cc2)cc1. The molecule has 4 rings (SSSR count). The van der Waals surface area contributed by atoms with Gasteiger partial charge in [0.25, 0.3) is 5.91 Å². The van der Waals surface area contributed by atoms with Crippen molar-refractivity contribution in [3.8, 4) is 0 Å². The molecule has 31 heavy (non-hydrogen) atoms. The molecule has 0 atom stereocenters. The Morgan fingerprint density at radius 1 is 1.00 bits per heavy atom. The molecule has 4 aromatic rings. The number of H-pyrrole nitrogens is 1. The fraction of sp³-hybridized carbons (Fsp3) is 0.120. The van der Waals surface area contributed by atoms with E-state index in [4.69, 9.17) is 0 Å². The van der Waals surface area contributed by atoms with Crippen LogP contribution in [0.5, 0.6) is 0 Å². The molecular formula is C25H23FN4O. The predicted octanol–water partition coefficient (Wildman–Crippen LogP) is 5.06. The van der Waals surface area contributed by atoms with Crippen molar-refractivity contribution >= 4 is 28.5 Å². The van der Waals surface area contributed by atoms with Gasteiger partial charge in [0.05, 0.1) is 0 Å². The summed E-state index contributed by atoms with van der Waals surface area (Å²) < 4.78 is 13.2. The van der Waals surface area contributed by atoms with E-state index in [1.54, 1.807) is 0 Å². The predicted molar refractivity (Wildman–Crippen MR) is 123 cm³/mol. The zero-order valence-corrected chi connectivity index (χ0v) is 17.2. The summed E-state index contributed by atoms with van der Waals surface area (Å²) in [5.74, 6) is -0.398. The monoisotopic (exact) mass is 414 g/mol. The number of aliphatic imine (C=N–C) groups is 1. The van der Waals surface area contributed by atoms with Crippen LogP contribution in [0, 0.1) is 12.7 Å². The molecule has 5 nitrogen and oxygen atoms in total. The van der Waals surface area contributed by atoms with Crippen molar-refractivity contribution in [1.82, 2.24) is 10.3 Å². The summed E-state index contributed by atoms with van der Waals surface area (Å²) in [7, 11) is 0. The number of guanidine groups is 1. The molecule has 156 valence electrons. The number of carbonyl (C=O) groups excluding carboxylic acids is 1. The van der Waals surface area contributed by atoms with Crippen LogP contribution in [0.4, 0.5) is 10.1 Å². The average molecular weight is 414 g/mol. The number of aryl methyl sites for hydroxylation is 1. The topological polar surface area (TPSA) is 69.3 Å². The number of fused-ring (bicyclic) bond motifs is 1. The first-order valence-electron chi connectivity index (χ1n) is 10.1. The number of benzene rings is 3. The van der Waals surface area contributed by atoms with Crippen LogP contribution in [0.2, 0.25) is 0 Å². The third kappa shape index (κ3) is 5.17. The van der Waals surface area contributed by atoms with E-state index in [1.807, 2.05) is 55.6 Å². The number of aromatic nitrogens is 1. The van der Waals surface area contributed by atoms with Gasteiger partial charge in [-0.2, -0.15) is 0 Å². The average Bonchev–Trinajstić information content (AvgIpc) is 3.19. The highest BCUT2D eigenvalue weighted by atomic mass is 19.1. The lowest BCUT2D eigenvalue weighted by Crippen LogP contribution is -2.36. The molecule has 0 saturated carbocycles. The lowest BCUT2D eigenvalue weighted by atomic mass is 10.1. The minimum atomic E-state index is -0.387. The molecule has 0 fully saturated rings. The summed E-state index contributed by atoms with van der Waals surface area (Å²) in [5.41, 5.74) is 4.56. The van der Waals surface area contributed by atoms with Crippen LogP contribution in [-0.2, 0) is 6.42 Å². The fourth-order valence-electron chi connectivity index (χ4n) is 3.29. The Morgan fingerprint density at radius 2 is 1.74 bits per heavy atom. The van der Waals surface area contributed by atoms with E-state index in [2.05, 4.69) is 26.7 Å². The zero-order valence-electron chi connectivity index (χ0n) is 17.2. The van der Waals surface area contributed by atoms with Crippen LogP contribution in [-0.4, -0.2) is 23.4 Å². The molecule has 0 radical (unpaired) electrons. The Bertz CT molecular complexity index is 1210. The number of hydrogen-bond acceptors (Lipinski definition) is 2. The third-order valence-electron chi connectivity index (χ3n) is 4.98. The van der Waals surface area contributed by atoms with Gasteiger partial charge in [-0.05, 0) is 61.4 Å². The number of rotatable bonds is 5. The Morgan fingerprint density at radius 3 is 2.52 bits per heavy atom. The van der Waals surface area contributed by atoms with E-state index in [-0.39, 0.29) is 11.7 Å². The highest BCUT2D eigenvalue weighted by Gasteiger charge is 2.10. The van der Waals surface area contributed by atoms with Gasteiger partial charge in [0.1, 0.15) is 5.82 Å². The molecule has 3 aromatic carbocycles. The maximum absolute atomic E-state index is 13.2. The number of nitrogens with zero attached hydrogens (tertiary/aromatic N) is 1. The van der Waals surface area contributed by atoms with Crippen molar-refractivity contribution in [3.05, 3.63) is 102 Å². The molecule has 0 bridgehead atoms. The quantitative estimate of drug-likeness (QED) is 0.316. The molecule has 0 unspecified atom stereocenters. The Hall–Kier alpha value is -3.93. The molecule has 1 amide bonds. The summed E-state index contributed by atoms with van der Waals surface area (Å²) in [6.45, 7) is 2.50. The number of aromatic amines is 1. The van der Waals surface area contributed by atoms with Gasteiger partial charge < -0.3 is 10.3 Å². The van der Waals surface area contributed by atoms with Crippen LogP contribution in [0.15, 0.2) is 84.0 Å². The van der Waals surface area contributed by atoms with E-state index in [0.717, 1.165) is 23.2 Å². The summed E-state index contributed by atoms with van der Waals surface area (Å²) in [6.07, 6.45) is 2.71. The Balaban J connectivity index is 1.51. The molecule has 0 aliphatic rings. The van der Waals surface area contributed by atoms with E-state index in [0.29, 0.717) is 18.1 Å². The largest absolute Gasteiger partial charge is 0.361 e. The van der Waals surface area contributed by atoms with Gasteiger partial charge >= 0.3 is 0 Å². The normalized spacial score (nSPS) is 11.5. The summed E-state index contributed by atoms with van der Waals surface area (Å²) >= 11 is 0. The van der Waals surface area contributed by atoms with Gasteiger partial charge in [0, 0.05) is 34.9 Å². The van der Waals surface area contributed by atoms with E-state index >= 15 is 0 Å². The summed E-state index contributed by atoms with van der Waals surface area (Å²) in [5, 5.41) is 7.14. The van der Waals surface area contributed by atoms with Crippen LogP contribution in [0.3, 0.4) is 0 Å². The van der Waals surface area contributed by atoms with Gasteiger partial charge in [-0.15, -0.1) is 0 Å². The maximum atomic E-state index is 13.2. The molecule has 0 aliphatic carbocycles. The highest BCUT2D eigenvalue weighted by Crippen LogP contribution is 2.18. The number of anilines is 1.